The van der Waals surface area contributed by atoms with Crippen LogP contribution in [0.1, 0.15) is 13.8 Å². The van der Waals surface area contributed by atoms with Crippen molar-refractivity contribution in [2.45, 2.75) is 24.3 Å². The van der Waals surface area contributed by atoms with Gasteiger partial charge in [0.15, 0.2) is 0 Å². The minimum absolute atomic E-state index is 0.0900. The van der Waals surface area contributed by atoms with Crippen LogP contribution in [0.4, 0.5) is 10.1 Å². The van der Waals surface area contributed by atoms with Gasteiger partial charge in [0.05, 0.1) is 5.25 Å². The van der Waals surface area contributed by atoms with Crippen molar-refractivity contribution >= 4 is 23.4 Å². The lowest BCUT2D eigenvalue weighted by Crippen LogP contribution is -2.30. The smallest absolute Gasteiger partial charge is 0.238 e. The number of anilines is 1. The largest absolute Gasteiger partial charge is 0.325 e. The number of benzene rings is 1. The first-order valence-corrected chi connectivity index (χ1v) is 7.31. The zero-order valence-electron chi connectivity index (χ0n) is 11.9. The molecule has 1 atom stereocenters. The molecule has 8 heteroatoms. The minimum Gasteiger partial charge on any atom is -0.325 e. The number of thioether (sulfide) groups is 1. The van der Waals surface area contributed by atoms with Crippen molar-refractivity contribution in [1.29, 1.82) is 0 Å². The number of halogens is 1. The summed E-state index contributed by atoms with van der Waals surface area (Å²) in [6.45, 7) is 3.90. The van der Waals surface area contributed by atoms with Crippen LogP contribution in [0.15, 0.2) is 29.4 Å². The first-order chi connectivity index (χ1) is 9.97. The SMILES string of the molecule is CC(C)[C@@H](Sc1nnnn1C)C(=O)Nc1ccc(F)cc1. The molecule has 0 fully saturated rings. The molecule has 112 valence electrons. The van der Waals surface area contributed by atoms with Gasteiger partial charge in [-0.3, -0.25) is 4.79 Å². The Labute approximate surface area is 126 Å². The lowest BCUT2D eigenvalue weighted by molar-refractivity contribution is -0.116. The molecule has 1 amide bonds. The second kappa shape index (κ2) is 6.66. The van der Waals surface area contributed by atoms with Gasteiger partial charge in [0.25, 0.3) is 0 Å². The van der Waals surface area contributed by atoms with E-state index >= 15 is 0 Å². The van der Waals surface area contributed by atoms with Crippen molar-refractivity contribution in [1.82, 2.24) is 20.2 Å². The fourth-order valence-electron chi connectivity index (χ4n) is 1.67. The number of aryl methyl sites for hydroxylation is 1. The van der Waals surface area contributed by atoms with Gasteiger partial charge in [-0.1, -0.05) is 25.6 Å². The number of tetrazole rings is 1. The first kappa shape index (κ1) is 15.4. The van der Waals surface area contributed by atoms with Gasteiger partial charge in [-0.05, 0) is 40.6 Å². The van der Waals surface area contributed by atoms with E-state index < -0.39 is 0 Å². The van der Waals surface area contributed by atoms with Crippen LogP contribution in [-0.4, -0.2) is 31.4 Å². The van der Waals surface area contributed by atoms with Crippen LogP contribution < -0.4 is 5.32 Å². The van der Waals surface area contributed by atoms with E-state index in [0.717, 1.165) is 0 Å². The molecule has 1 aromatic heterocycles. The lowest BCUT2D eigenvalue weighted by atomic mass is 10.1. The van der Waals surface area contributed by atoms with Crippen LogP contribution in [0.3, 0.4) is 0 Å². The number of aromatic nitrogens is 4. The summed E-state index contributed by atoms with van der Waals surface area (Å²) in [5, 5.41) is 14.2. The van der Waals surface area contributed by atoms with E-state index in [4.69, 9.17) is 0 Å². The Morgan fingerprint density at radius 1 is 1.33 bits per heavy atom. The van der Waals surface area contributed by atoms with Crippen LogP contribution in [0.2, 0.25) is 0 Å². The second-order valence-electron chi connectivity index (χ2n) is 4.86. The van der Waals surface area contributed by atoms with Gasteiger partial charge in [-0.2, -0.15) is 0 Å². The molecule has 0 spiro atoms. The molecule has 0 bridgehead atoms. The lowest BCUT2D eigenvalue weighted by Gasteiger charge is -2.18. The zero-order valence-corrected chi connectivity index (χ0v) is 12.8. The van der Waals surface area contributed by atoms with Gasteiger partial charge in [0.1, 0.15) is 5.82 Å². The Morgan fingerprint density at radius 3 is 2.52 bits per heavy atom. The van der Waals surface area contributed by atoms with E-state index in [1.165, 1.54) is 40.7 Å². The number of carbonyl (C=O) groups excluding carboxylic acids is 1. The molecule has 0 saturated heterocycles. The Morgan fingerprint density at radius 2 is 2.00 bits per heavy atom. The minimum atomic E-state index is -0.347. The summed E-state index contributed by atoms with van der Waals surface area (Å²) in [4.78, 5) is 12.4. The van der Waals surface area contributed by atoms with E-state index in [9.17, 15) is 9.18 Å². The molecule has 6 nitrogen and oxygen atoms in total. The van der Waals surface area contributed by atoms with Gasteiger partial charge in [-0.25, -0.2) is 9.07 Å². The molecule has 0 aliphatic carbocycles. The van der Waals surface area contributed by atoms with Crippen molar-refractivity contribution in [3.8, 4) is 0 Å². The number of hydrogen-bond acceptors (Lipinski definition) is 5. The number of carbonyl (C=O) groups is 1. The Balaban J connectivity index is 2.09. The molecule has 21 heavy (non-hydrogen) atoms. The molecular formula is C13H16FN5OS. The summed E-state index contributed by atoms with van der Waals surface area (Å²) in [6.07, 6.45) is 0. The highest BCUT2D eigenvalue weighted by molar-refractivity contribution is 8.00. The fraction of sp³-hybridized carbons (Fsp3) is 0.385. The summed E-state index contributed by atoms with van der Waals surface area (Å²) in [6, 6.07) is 5.66. The van der Waals surface area contributed by atoms with Crippen LogP contribution in [0.25, 0.3) is 0 Å². The molecule has 2 aromatic rings. The third-order valence-corrected chi connectivity index (χ3v) is 4.36. The highest BCUT2D eigenvalue weighted by Crippen LogP contribution is 2.27. The van der Waals surface area contributed by atoms with E-state index in [2.05, 4.69) is 20.8 Å². The Hall–Kier alpha value is -1.96. The van der Waals surface area contributed by atoms with Gasteiger partial charge >= 0.3 is 0 Å². The molecule has 1 N–H and O–H groups in total. The highest BCUT2D eigenvalue weighted by Gasteiger charge is 2.25. The molecule has 2 rings (SSSR count). The average Bonchev–Trinajstić information content (AvgIpc) is 2.83. The third-order valence-electron chi connectivity index (χ3n) is 2.79. The number of hydrogen-bond donors (Lipinski definition) is 1. The van der Waals surface area contributed by atoms with E-state index in [1.54, 1.807) is 7.05 Å². The Kier molecular flexibility index (Phi) is 4.89. The maximum Gasteiger partial charge on any atom is 0.238 e. The van der Waals surface area contributed by atoms with Crippen LogP contribution in [0, 0.1) is 11.7 Å². The molecule has 0 unspecified atom stereocenters. The van der Waals surface area contributed by atoms with Crippen LogP contribution >= 0.6 is 11.8 Å². The second-order valence-corrected chi connectivity index (χ2v) is 5.97. The summed E-state index contributed by atoms with van der Waals surface area (Å²) < 4.78 is 14.4. The van der Waals surface area contributed by atoms with E-state index in [-0.39, 0.29) is 22.9 Å². The monoisotopic (exact) mass is 309 g/mol. The van der Waals surface area contributed by atoms with Gasteiger partial charge < -0.3 is 5.32 Å². The maximum atomic E-state index is 12.9. The molecule has 1 heterocycles. The van der Waals surface area contributed by atoms with Crippen molar-refractivity contribution in [3.05, 3.63) is 30.1 Å². The highest BCUT2D eigenvalue weighted by atomic mass is 32.2. The first-order valence-electron chi connectivity index (χ1n) is 6.43. The van der Waals surface area contributed by atoms with E-state index in [0.29, 0.717) is 10.8 Å². The molecule has 0 aliphatic heterocycles. The topological polar surface area (TPSA) is 72.7 Å². The number of nitrogens with zero attached hydrogens (tertiary/aromatic N) is 4. The molecular weight excluding hydrogens is 293 g/mol. The molecule has 0 radical (unpaired) electrons. The molecule has 1 aromatic carbocycles. The van der Waals surface area contributed by atoms with Crippen molar-refractivity contribution in [2.75, 3.05) is 5.32 Å². The molecule has 0 saturated carbocycles. The maximum absolute atomic E-state index is 12.9. The van der Waals surface area contributed by atoms with Crippen molar-refractivity contribution in [2.24, 2.45) is 13.0 Å². The number of nitrogens with one attached hydrogen (secondary N) is 1. The van der Waals surface area contributed by atoms with E-state index in [1.807, 2.05) is 13.8 Å². The summed E-state index contributed by atoms with van der Waals surface area (Å²) >= 11 is 1.30. The number of rotatable bonds is 5. The average molecular weight is 309 g/mol. The number of amides is 1. The zero-order chi connectivity index (χ0) is 15.4. The van der Waals surface area contributed by atoms with Gasteiger partial charge in [0, 0.05) is 12.7 Å². The van der Waals surface area contributed by atoms with Crippen LogP contribution in [0.5, 0.6) is 0 Å². The van der Waals surface area contributed by atoms with Crippen molar-refractivity contribution in [3.63, 3.8) is 0 Å². The van der Waals surface area contributed by atoms with Crippen LogP contribution in [-0.2, 0) is 11.8 Å². The van der Waals surface area contributed by atoms with Gasteiger partial charge in [-0.15, -0.1) is 5.10 Å². The predicted octanol–water partition coefficient (Wildman–Crippen LogP) is 2.10. The Bertz CT molecular complexity index is 613. The van der Waals surface area contributed by atoms with Crippen molar-refractivity contribution < 1.29 is 9.18 Å². The normalized spacial score (nSPS) is 12.4. The quantitative estimate of drug-likeness (QED) is 0.856. The summed E-state index contributed by atoms with van der Waals surface area (Å²) in [5.74, 6) is -0.412. The fourth-order valence-corrected chi connectivity index (χ4v) is 2.61. The van der Waals surface area contributed by atoms with Gasteiger partial charge in [0.2, 0.25) is 11.1 Å². The summed E-state index contributed by atoms with van der Waals surface area (Å²) in [7, 11) is 1.72. The third kappa shape index (κ3) is 4.01. The molecule has 0 aliphatic rings. The standard InChI is InChI=1S/C13H16FN5OS/c1-8(2)11(21-13-16-17-18-19(13)3)12(20)15-10-6-4-9(14)5-7-10/h4-8,11H,1-3H3,(H,15,20)/t11-/m1/s1. The predicted molar refractivity (Wildman–Crippen MR) is 78.3 cm³/mol. The summed E-state index contributed by atoms with van der Waals surface area (Å²) in [5.41, 5.74) is 0.559.